The summed E-state index contributed by atoms with van der Waals surface area (Å²) >= 11 is 0. The van der Waals surface area contributed by atoms with Gasteiger partial charge in [-0.1, -0.05) is 30.4 Å². The van der Waals surface area contributed by atoms with Gasteiger partial charge in [0.15, 0.2) is 0 Å². The van der Waals surface area contributed by atoms with Crippen LogP contribution in [0.2, 0.25) is 0 Å². The SMILES string of the molecule is CC(=O)C1(c2[nH]nc3ccc(NC(=O)c4ccccn4)cc23)C=CC=CC1. The Morgan fingerprint density at radius 2 is 2.07 bits per heavy atom. The van der Waals surface area contributed by atoms with Crippen molar-refractivity contribution in [3.8, 4) is 0 Å². The number of ketones is 1. The minimum atomic E-state index is -0.771. The van der Waals surface area contributed by atoms with Gasteiger partial charge < -0.3 is 5.32 Å². The van der Waals surface area contributed by atoms with Crippen molar-refractivity contribution >= 4 is 28.3 Å². The van der Waals surface area contributed by atoms with Crippen molar-refractivity contribution in [2.45, 2.75) is 18.8 Å². The fourth-order valence-electron chi connectivity index (χ4n) is 3.36. The first-order valence-electron chi connectivity index (χ1n) is 8.66. The van der Waals surface area contributed by atoms with Crippen molar-refractivity contribution in [1.82, 2.24) is 15.2 Å². The predicted molar refractivity (Wildman–Crippen MR) is 104 cm³/mol. The average Bonchev–Trinajstić information content (AvgIpc) is 3.13. The number of nitrogens with one attached hydrogen (secondary N) is 2. The highest BCUT2D eigenvalue weighted by atomic mass is 16.2. The third-order valence-corrected chi connectivity index (χ3v) is 4.85. The number of hydrogen-bond donors (Lipinski definition) is 2. The zero-order valence-electron chi connectivity index (χ0n) is 14.8. The Bertz CT molecular complexity index is 1080. The molecule has 1 aromatic carbocycles. The number of nitrogens with zero attached hydrogens (tertiary/aromatic N) is 2. The van der Waals surface area contributed by atoms with Gasteiger partial charge in [-0.25, -0.2) is 0 Å². The Morgan fingerprint density at radius 1 is 1.19 bits per heavy atom. The third-order valence-electron chi connectivity index (χ3n) is 4.85. The summed E-state index contributed by atoms with van der Waals surface area (Å²) in [5.41, 5.74) is 1.66. The van der Waals surface area contributed by atoms with E-state index in [0.717, 1.165) is 16.6 Å². The van der Waals surface area contributed by atoms with E-state index in [9.17, 15) is 9.59 Å². The van der Waals surface area contributed by atoms with Gasteiger partial charge in [-0.15, -0.1) is 0 Å². The first-order chi connectivity index (χ1) is 13.1. The number of amides is 1. The second kappa shape index (κ2) is 6.64. The van der Waals surface area contributed by atoms with E-state index in [0.29, 0.717) is 17.8 Å². The number of hydrogen-bond acceptors (Lipinski definition) is 4. The molecule has 1 unspecified atom stereocenters. The van der Waals surface area contributed by atoms with E-state index in [1.807, 2.05) is 36.4 Å². The predicted octanol–water partition coefficient (Wildman–Crippen LogP) is 3.55. The van der Waals surface area contributed by atoms with Crippen LogP contribution in [0.1, 0.15) is 29.5 Å². The maximum Gasteiger partial charge on any atom is 0.274 e. The van der Waals surface area contributed by atoms with E-state index in [4.69, 9.17) is 0 Å². The Morgan fingerprint density at radius 3 is 2.78 bits per heavy atom. The summed E-state index contributed by atoms with van der Waals surface area (Å²) in [6.45, 7) is 1.59. The number of pyridine rings is 1. The molecule has 6 heteroatoms. The zero-order chi connectivity index (χ0) is 18.9. The third kappa shape index (κ3) is 2.95. The fourth-order valence-corrected chi connectivity index (χ4v) is 3.36. The number of allylic oxidation sites excluding steroid dienone is 4. The van der Waals surface area contributed by atoms with E-state index in [2.05, 4.69) is 20.5 Å². The van der Waals surface area contributed by atoms with Crippen molar-refractivity contribution < 1.29 is 9.59 Å². The molecule has 0 spiro atoms. The highest BCUT2D eigenvalue weighted by molar-refractivity contribution is 6.04. The molecule has 0 fully saturated rings. The van der Waals surface area contributed by atoms with E-state index in [-0.39, 0.29) is 11.7 Å². The largest absolute Gasteiger partial charge is 0.321 e. The van der Waals surface area contributed by atoms with Crippen molar-refractivity contribution in [2.75, 3.05) is 5.32 Å². The minimum Gasteiger partial charge on any atom is -0.321 e. The van der Waals surface area contributed by atoms with Crippen LogP contribution in [0.5, 0.6) is 0 Å². The summed E-state index contributed by atoms with van der Waals surface area (Å²) in [6.07, 6.45) is 9.83. The topological polar surface area (TPSA) is 87.7 Å². The van der Waals surface area contributed by atoms with Gasteiger partial charge in [-0.05, 0) is 43.7 Å². The van der Waals surface area contributed by atoms with E-state index in [1.165, 1.54) is 0 Å². The molecule has 27 heavy (non-hydrogen) atoms. The molecule has 0 bridgehead atoms. The summed E-state index contributed by atoms with van der Waals surface area (Å²) in [7, 11) is 0. The Labute approximate surface area is 156 Å². The van der Waals surface area contributed by atoms with Gasteiger partial charge in [0.1, 0.15) is 11.5 Å². The second-order valence-corrected chi connectivity index (χ2v) is 6.52. The highest BCUT2D eigenvalue weighted by Gasteiger charge is 2.37. The molecule has 1 amide bonds. The number of Topliss-reactive ketones (excluding diaryl/α,β-unsaturated/α-hetero) is 1. The molecule has 134 valence electrons. The summed E-state index contributed by atoms with van der Waals surface area (Å²) in [5, 5.41) is 11.0. The first kappa shape index (κ1) is 16.9. The number of carbonyl (C=O) groups is 2. The first-order valence-corrected chi connectivity index (χ1v) is 8.66. The van der Waals surface area contributed by atoms with Gasteiger partial charge in [-0.2, -0.15) is 5.10 Å². The number of H-pyrrole nitrogens is 1. The lowest BCUT2D eigenvalue weighted by Crippen LogP contribution is -2.33. The summed E-state index contributed by atoms with van der Waals surface area (Å²) < 4.78 is 0. The van der Waals surface area contributed by atoms with Crippen LogP contribution in [-0.2, 0) is 10.2 Å². The van der Waals surface area contributed by atoms with E-state index < -0.39 is 5.41 Å². The average molecular weight is 358 g/mol. The Hall–Kier alpha value is -3.54. The molecule has 1 aliphatic carbocycles. The van der Waals surface area contributed by atoms with Gasteiger partial charge in [0.05, 0.1) is 16.6 Å². The molecular formula is C21H18N4O2. The van der Waals surface area contributed by atoms with Crippen LogP contribution < -0.4 is 5.32 Å². The van der Waals surface area contributed by atoms with Crippen LogP contribution in [0.25, 0.3) is 10.9 Å². The second-order valence-electron chi connectivity index (χ2n) is 6.52. The molecule has 0 saturated carbocycles. The van der Waals surface area contributed by atoms with Crippen LogP contribution in [0.15, 0.2) is 66.9 Å². The molecule has 3 aromatic rings. The number of aromatic nitrogens is 3. The van der Waals surface area contributed by atoms with E-state index in [1.54, 1.807) is 37.4 Å². The molecule has 2 heterocycles. The fraction of sp³-hybridized carbons (Fsp3) is 0.143. The summed E-state index contributed by atoms with van der Waals surface area (Å²) in [5.74, 6) is -0.252. The lowest BCUT2D eigenvalue weighted by atomic mass is 9.74. The van der Waals surface area contributed by atoms with Crippen LogP contribution in [0.3, 0.4) is 0 Å². The number of fused-ring (bicyclic) bond motifs is 1. The van der Waals surface area contributed by atoms with Gasteiger partial charge in [0, 0.05) is 17.3 Å². The highest BCUT2D eigenvalue weighted by Crippen LogP contribution is 2.37. The monoisotopic (exact) mass is 358 g/mol. The lowest BCUT2D eigenvalue weighted by molar-refractivity contribution is -0.120. The van der Waals surface area contributed by atoms with Crippen LogP contribution in [-0.4, -0.2) is 26.9 Å². The van der Waals surface area contributed by atoms with Crippen LogP contribution >= 0.6 is 0 Å². The molecule has 0 aliphatic heterocycles. The van der Waals surface area contributed by atoms with Gasteiger partial charge >= 0.3 is 0 Å². The Kier molecular flexibility index (Phi) is 4.16. The molecule has 1 atom stereocenters. The molecule has 0 radical (unpaired) electrons. The zero-order valence-corrected chi connectivity index (χ0v) is 14.8. The maximum absolute atomic E-state index is 12.5. The molecular weight excluding hydrogens is 340 g/mol. The van der Waals surface area contributed by atoms with Crippen LogP contribution in [0.4, 0.5) is 5.69 Å². The number of anilines is 1. The quantitative estimate of drug-likeness (QED) is 0.746. The van der Waals surface area contributed by atoms with Crippen molar-refractivity contribution in [1.29, 1.82) is 0 Å². The molecule has 2 N–H and O–H groups in total. The van der Waals surface area contributed by atoms with E-state index >= 15 is 0 Å². The standard InChI is InChI=1S/C21H18N4O2/c1-14(26)21(10-4-2-5-11-21)19-16-13-15(8-9-17(16)24-25-19)23-20(27)18-7-3-6-12-22-18/h2-10,12-13H,11H2,1H3,(H,23,27)(H,24,25). The van der Waals surface area contributed by atoms with Gasteiger partial charge in [0.2, 0.25) is 0 Å². The maximum atomic E-state index is 12.5. The summed E-state index contributed by atoms with van der Waals surface area (Å²) in [6, 6.07) is 10.6. The molecule has 1 aliphatic rings. The molecule has 2 aromatic heterocycles. The smallest absolute Gasteiger partial charge is 0.274 e. The molecule has 4 rings (SSSR count). The number of carbonyl (C=O) groups excluding carboxylic acids is 2. The molecule has 6 nitrogen and oxygen atoms in total. The van der Waals surface area contributed by atoms with Gasteiger partial charge in [-0.3, -0.25) is 19.7 Å². The molecule has 0 saturated heterocycles. The Balaban J connectivity index is 1.73. The normalized spacial score (nSPS) is 18.6. The minimum absolute atomic E-state index is 0.0385. The lowest BCUT2D eigenvalue weighted by Gasteiger charge is -2.27. The van der Waals surface area contributed by atoms with Crippen molar-refractivity contribution in [3.63, 3.8) is 0 Å². The van der Waals surface area contributed by atoms with Crippen LogP contribution in [0, 0.1) is 0 Å². The number of rotatable bonds is 4. The van der Waals surface area contributed by atoms with Crippen molar-refractivity contribution in [3.05, 3.63) is 78.3 Å². The summed E-state index contributed by atoms with van der Waals surface area (Å²) in [4.78, 5) is 28.9. The number of aromatic amines is 1. The number of benzene rings is 1. The van der Waals surface area contributed by atoms with Gasteiger partial charge in [0.25, 0.3) is 5.91 Å². The van der Waals surface area contributed by atoms with Crippen molar-refractivity contribution in [2.24, 2.45) is 0 Å².